The van der Waals surface area contributed by atoms with Crippen LogP contribution in [-0.4, -0.2) is 56.3 Å². The lowest BCUT2D eigenvalue weighted by molar-refractivity contribution is -0.136. The molecule has 4 rings (SSSR count). The van der Waals surface area contributed by atoms with E-state index in [0.717, 1.165) is 24.1 Å². The molecule has 2 saturated heterocycles. The summed E-state index contributed by atoms with van der Waals surface area (Å²) in [4.78, 5) is 16.1. The van der Waals surface area contributed by atoms with Crippen molar-refractivity contribution >= 4 is 5.91 Å². The highest BCUT2D eigenvalue weighted by Gasteiger charge is 2.40. The molecule has 36 heavy (non-hydrogen) atoms. The van der Waals surface area contributed by atoms with Gasteiger partial charge < -0.3 is 14.8 Å². The lowest BCUT2D eigenvalue weighted by atomic mass is 9.74. The maximum absolute atomic E-state index is 14.0. The van der Waals surface area contributed by atoms with Gasteiger partial charge in [-0.15, -0.1) is 0 Å². The number of likely N-dealkylation sites (tertiary alicyclic amines) is 1. The van der Waals surface area contributed by atoms with Crippen molar-refractivity contribution in [1.82, 2.24) is 10.2 Å². The number of benzene rings is 2. The molecule has 6 heteroatoms. The lowest BCUT2D eigenvalue weighted by Gasteiger charge is -2.39. The molecule has 0 bridgehead atoms. The third-order valence-electron chi connectivity index (χ3n) is 8.13. The topological polar surface area (TPSA) is 50.8 Å². The van der Waals surface area contributed by atoms with Crippen LogP contribution in [0.5, 0.6) is 5.75 Å². The van der Waals surface area contributed by atoms with Crippen LogP contribution in [-0.2, 0) is 16.0 Å². The first-order valence-corrected chi connectivity index (χ1v) is 13.5. The minimum atomic E-state index is -0.491. The summed E-state index contributed by atoms with van der Waals surface area (Å²) in [5, 5.41) is 3.26. The van der Waals surface area contributed by atoms with Gasteiger partial charge in [-0.05, 0) is 81.7 Å². The number of halogens is 1. The SMILES string of the molecule is COc1ccc(F)cc1-c1cccc(CC2(C(=O)NCCCN3C(C)CCCC3C)CCOCC2)c1. The number of ether oxygens (including phenoxy) is 2. The van der Waals surface area contributed by atoms with Gasteiger partial charge in [0.2, 0.25) is 5.91 Å². The zero-order chi connectivity index (χ0) is 25.5. The summed E-state index contributed by atoms with van der Waals surface area (Å²) in [6, 6.07) is 13.8. The van der Waals surface area contributed by atoms with E-state index >= 15 is 0 Å². The Morgan fingerprint density at radius 3 is 2.61 bits per heavy atom. The van der Waals surface area contributed by atoms with Crippen LogP contribution in [0.2, 0.25) is 0 Å². The predicted octanol–water partition coefficient (Wildman–Crippen LogP) is 5.61. The number of methoxy groups -OCH3 is 1. The van der Waals surface area contributed by atoms with Gasteiger partial charge in [0.05, 0.1) is 12.5 Å². The van der Waals surface area contributed by atoms with Gasteiger partial charge in [-0.25, -0.2) is 4.39 Å². The van der Waals surface area contributed by atoms with Crippen molar-refractivity contribution in [2.75, 3.05) is 33.4 Å². The van der Waals surface area contributed by atoms with Crippen molar-refractivity contribution in [2.45, 2.75) is 70.9 Å². The van der Waals surface area contributed by atoms with Gasteiger partial charge in [0.15, 0.2) is 0 Å². The molecule has 5 nitrogen and oxygen atoms in total. The van der Waals surface area contributed by atoms with E-state index in [1.54, 1.807) is 13.2 Å². The number of hydrogen-bond acceptors (Lipinski definition) is 4. The largest absolute Gasteiger partial charge is 0.496 e. The molecule has 2 unspecified atom stereocenters. The van der Waals surface area contributed by atoms with Crippen molar-refractivity contribution in [3.05, 3.63) is 53.8 Å². The maximum Gasteiger partial charge on any atom is 0.226 e. The lowest BCUT2D eigenvalue weighted by Crippen LogP contribution is -2.47. The molecule has 0 saturated carbocycles. The normalized spacial score (nSPS) is 22.2. The number of amides is 1. The summed E-state index contributed by atoms with van der Waals surface area (Å²) >= 11 is 0. The fraction of sp³-hybridized carbons (Fsp3) is 0.567. The average molecular weight is 497 g/mol. The third-order valence-corrected chi connectivity index (χ3v) is 8.13. The molecule has 2 aromatic carbocycles. The standard InChI is InChI=1S/C30H41FN2O3/c1-22-7-4-8-23(2)33(22)16-6-15-32-29(34)30(13-17-36-18-14-30)21-24-9-5-10-25(19-24)27-20-26(31)11-12-28(27)35-3/h5,9-12,19-20,22-23H,4,6-8,13-18,21H2,1-3H3,(H,32,34). The number of carbonyl (C=O) groups is 1. The number of hydrogen-bond donors (Lipinski definition) is 1. The number of rotatable bonds is 9. The average Bonchev–Trinajstić information content (AvgIpc) is 2.88. The van der Waals surface area contributed by atoms with Crippen LogP contribution >= 0.6 is 0 Å². The second-order valence-corrected chi connectivity index (χ2v) is 10.6. The molecular formula is C30H41FN2O3. The van der Waals surface area contributed by atoms with Crippen LogP contribution in [0.25, 0.3) is 11.1 Å². The van der Waals surface area contributed by atoms with Gasteiger partial charge in [0.25, 0.3) is 0 Å². The fourth-order valence-electron chi connectivity index (χ4n) is 5.96. The second kappa shape index (κ2) is 12.2. The van der Waals surface area contributed by atoms with Crippen LogP contribution in [0.15, 0.2) is 42.5 Å². The Morgan fingerprint density at radius 1 is 1.14 bits per heavy atom. The molecule has 0 aromatic heterocycles. The van der Waals surface area contributed by atoms with Gasteiger partial charge in [-0.3, -0.25) is 9.69 Å². The molecule has 2 atom stereocenters. The van der Waals surface area contributed by atoms with E-state index in [1.807, 2.05) is 12.1 Å². The van der Waals surface area contributed by atoms with Crippen molar-refractivity contribution in [1.29, 1.82) is 0 Å². The Labute approximate surface area is 215 Å². The molecule has 196 valence electrons. The number of nitrogens with one attached hydrogen (secondary N) is 1. The minimum absolute atomic E-state index is 0.124. The van der Waals surface area contributed by atoms with E-state index in [-0.39, 0.29) is 11.7 Å². The molecule has 2 heterocycles. The van der Waals surface area contributed by atoms with Gasteiger partial charge in [-0.2, -0.15) is 0 Å². The van der Waals surface area contributed by atoms with Crippen LogP contribution in [0, 0.1) is 11.2 Å². The molecule has 2 aromatic rings. The van der Waals surface area contributed by atoms with Crippen LogP contribution < -0.4 is 10.1 Å². The zero-order valence-corrected chi connectivity index (χ0v) is 22.0. The number of nitrogens with zero attached hydrogens (tertiary/aromatic N) is 1. The first-order valence-electron chi connectivity index (χ1n) is 13.5. The van der Waals surface area contributed by atoms with Crippen molar-refractivity contribution in [3.8, 4) is 16.9 Å². The first-order chi connectivity index (χ1) is 17.4. The van der Waals surface area contributed by atoms with Gasteiger partial charge >= 0.3 is 0 Å². The molecule has 2 aliphatic heterocycles. The molecule has 0 spiro atoms. The van der Waals surface area contributed by atoms with E-state index < -0.39 is 5.41 Å². The van der Waals surface area contributed by atoms with E-state index in [9.17, 15) is 9.18 Å². The smallest absolute Gasteiger partial charge is 0.226 e. The van der Waals surface area contributed by atoms with Crippen molar-refractivity contribution < 1.29 is 18.7 Å². The quantitative estimate of drug-likeness (QED) is 0.459. The second-order valence-electron chi connectivity index (χ2n) is 10.6. The zero-order valence-electron chi connectivity index (χ0n) is 22.0. The Kier molecular flexibility index (Phi) is 9.02. The number of carbonyl (C=O) groups excluding carboxylic acids is 1. The van der Waals surface area contributed by atoms with Crippen LogP contribution in [0.4, 0.5) is 4.39 Å². The fourth-order valence-corrected chi connectivity index (χ4v) is 5.96. The summed E-state index contributed by atoms with van der Waals surface area (Å²) < 4.78 is 25.1. The molecule has 1 N–H and O–H groups in total. The molecule has 0 aliphatic carbocycles. The van der Waals surface area contributed by atoms with Gasteiger partial charge in [-0.1, -0.05) is 30.7 Å². The Balaban J connectivity index is 1.43. The molecular weight excluding hydrogens is 455 g/mol. The first kappa shape index (κ1) is 26.6. The minimum Gasteiger partial charge on any atom is -0.496 e. The van der Waals surface area contributed by atoms with Crippen molar-refractivity contribution in [3.63, 3.8) is 0 Å². The summed E-state index contributed by atoms with van der Waals surface area (Å²) in [5.74, 6) is 0.452. The Hall–Kier alpha value is -2.44. The molecule has 2 fully saturated rings. The van der Waals surface area contributed by atoms with E-state index in [4.69, 9.17) is 9.47 Å². The Bertz CT molecular complexity index is 1010. The van der Waals surface area contributed by atoms with Gasteiger partial charge in [0.1, 0.15) is 11.6 Å². The highest BCUT2D eigenvalue weighted by molar-refractivity contribution is 5.83. The summed E-state index contributed by atoms with van der Waals surface area (Å²) in [6.07, 6.45) is 6.84. The Morgan fingerprint density at radius 2 is 1.89 bits per heavy atom. The highest BCUT2D eigenvalue weighted by Crippen LogP contribution is 2.37. The highest BCUT2D eigenvalue weighted by atomic mass is 19.1. The van der Waals surface area contributed by atoms with Crippen LogP contribution in [0.1, 0.15) is 57.9 Å². The summed E-state index contributed by atoms with van der Waals surface area (Å²) in [6.45, 7) is 7.53. The van der Waals surface area contributed by atoms with Crippen molar-refractivity contribution in [2.24, 2.45) is 5.41 Å². The molecule has 0 radical (unpaired) electrons. The predicted molar refractivity (Wildman–Crippen MR) is 142 cm³/mol. The summed E-state index contributed by atoms with van der Waals surface area (Å²) in [5.41, 5.74) is 2.17. The third kappa shape index (κ3) is 6.27. The van der Waals surface area contributed by atoms with Crippen LogP contribution in [0.3, 0.4) is 0 Å². The van der Waals surface area contributed by atoms with Gasteiger partial charge in [0, 0.05) is 44.0 Å². The van der Waals surface area contributed by atoms with E-state index in [0.29, 0.717) is 62.4 Å². The summed E-state index contributed by atoms with van der Waals surface area (Å²) in [7, 11) is 1.59. The number of piperidine rings is 1. The molecule has 2 aliphatic rings. The molecule has 1 amide bonds. The monoisotopic (exact) mass is 496 g/mol. The van der Waals surface area contributed by atoms with E-state index in [2.05, 4.69) is 36.2 Å². The van der Waals surface area contributed by atoms with E-state index in [1.165, 1.54) is 31.4 Å². The maximum atomic E-state index is 14.0.